The number of carbonyl (C=O) groups excluding carboxylic acids is 3. The Labute approximate surface area is 218 Å². The number of ketones is 1. The van der Waals surface area contributed by atoms with Gasteiger partial charge in [0.15, 0.2) is 0 Å². The van der Waals surface area contributed by atoms with Crippen LogP contribution in [0.1, 0.15) is 49.7 Å². The Morgan fingerprint density at radius 1 is 1.13 bits per heavy atom. The molecule has 1 atom stereocenters. The van der Waals surface area contributed by atoms with E-state index in [-0.39, 0.29) is 31.6 Å². The minimum atomic E-state index is -5.29. The minimum absolute atomic E-state index is 0.0487. The van der Waals surface area contributed by atoms with Crippen molar-refractivity contribution in [2.45, 2.75) is 44.7 Å². The van der Waals surface area contributed by atoms with Crippen LogP contribution in [0.15, 0.2) is 34.7 Å². The first-order chi connectivity index (χ1) is 17.8. The number of carbonyl (C=O) groups is 4. The fraction of sp³-hybridized carbons (Fsp3) is 0.417. The van der Waals surface area contributed by atoms with E-state index >= 15 is 4.39 Å². The van der Waals surface area contributed by atoms with E-state index in [0.717, 1.165) is 7.11 Å². The summed E-state index contributed by atoms with van der Waals surface area (Å²) < 4.78 is 80.3. The molecule has 0 radical (unpaired) electrons. The predicted molar refractivity (Wildman–Crippen MR) is 122 cm³/mol. The number of alkyl halides is 4. The van der Waals surface area contributed by atoms with Crippen LogP contribution in [0.3, 0.4) is 0 Å². The summed E-state index contributed by atoms with van der Waals surface area (Å²) in [6.07, 6.45) is -6.58. The lowest BCUT2D eigenvalue weighted by molar-refractivity contribution is -0.145. The molecule has 1 heterocycles. The number of nitrogens with one attached hydrogen (secondary N) is 1. The van der Waals surface area contributed by atoms with E-state index < -0.39 is 87.7 Å². The van der Waals surface area contributed by atoms with Gasteiger partial charge in [-0.1, -0.05) is 11.6 Å². The summed E-state index contributed by atoms with van der Waals surface area (Å²) in [5, 5.41) is 11.4. The number of hydrogen-bond donors (Lipinski definition) is 2. The van der Waals surface area contributed by atoms with Gasteiger partial charge in [0.05, 0.1) is 47.1 Å². The summed E-state index contributed by atoms with van der Waals surface area (Å²) in [5.74, 6) is -8.40. The molecule has 0 aliphatic carbocycles. The number of allylic oxidation sites excluding steroid dienone is 2. The van der Waals surface area contributed by atoms with E-state index in [1.54, 1.807) is 6.92 Å². The molecular weight excluding hydrogens is 545 g/mol. The monoisotopic (exact) mass is 567 g/mol. The second kappa shape index (κ2) is 12.9. The van der Waals surface area contributed by atoms with Crippen LogP contribution in [0.25, 0.3) is 0 Å². The summed E-state index contributed by atoms with van der Waals surface area (Å²) in [6.45, 7) is 0.106. The van der Waals surface area contributed by atoms with Crippen molar-refractivity contribution in [3.05, 3.63) is 56.6 Å². The van der Waals surface area contributed by atoms with Crippen LogP contribution in [-0.2, 0) is 34.8 Å². The van der Waals surface area contributed by atoms with Crippen molar-refractivity contribution in [1.82, 2.24) is 5.32 Å². The number of carboxylic acids is 1. The van der Waals surface area contributed by atoms with E-state index in [1.165, 1.54) is 0 Å². The quantitative estimate of drug-likeness (QED) is 0.226. The molecule has 2 N–H and O–H groups in total. The van der Waals surface area contributed by atoms with Gasteiger partial charge in [0.1, 0.15) is 24.7 Å². The minimum Gasteiger partial charge on any atom is -0.478 e. The van der Waals surface area contributed by atoms with Gasteiger partial charge in [-0.3, -0.25) is 9.59 Å². The number of aliphatic carboxylic acids is 1. The number of dihydropyridines is 1. The van der Waals surface area contributed by atoms with E-state index in [0.29, 0.717) is 12.1 Å². The molecule has 1 aromatic rings. The maximum absolute atomic E-state index is 15.1. The Balaban J connectivity index is 2.69. The molecule has 1 aromatic carbocycles. The third-order valence-corrected chi connectivity index (χ3v) is 5.86. The summed E-state index contributed by atoms with van der Waals surface area (Å²) >= 11 is 5.74. The highest BCUT2D eigenvalue weighted by molar-refractivity contribution is 6.31. The summed E-state index contributed by atoms with van der Waals surface area (Å²) in [7, 11) is 0.829. The molecule has 1 aliphatic rings. The summed E-state index contributed by atoms with van der Waals surface area (Å²) in [4.78, 5) is 48.4. The van der Waals surface area contributed by atoms with Gasteiger partial charge in [0.2, 0.25) is 0 Å². The first-order valence-corrected chi connectivity index (χ1v) is 11.5. The van der Waals surface area contributed by atoms with Gasteiger partial charge in [-0.2, -0.15) is 13.2 Å². The fourth-order valence-electron chi connectivity index (χ4n) is 4.07. The van der Waals surface area contributed by atoms with Crippen molar-refractivity contribution in [3.8, 4) is 0 Å². The second-order valence-corrected chi connectivity index (χ2v) is 8.37. The van der Waals surface area contributed by atoms with Gasteiger partial charge in [-0.05, 0) is 31.9 Å². The molecule has 1 aliphatic heterocycles. The summed E-state index contributed by atoms with van der Waals surface area (Å²) in [6, 6.07) is 1.17. The largest absolute Gasteiger partial charge is 0.478 e. The normalized spacial score (nSPS) is 15.7. The number of hydrogen-bond acceptors (Lipinski definition) is 7. The second-order valence-electron chi connectivity index (χ2n) is 7.96. The molecule has 0 fully saturated rings. The number of halogens is 6. The number of methoxy groups -OCH3 is 1. The number of ether oxygens (including phenoxy) is 2. The third-order valence-electron chi connectivity index (χ3n) is 5.54. The molecule has 38 heavy (non-hydrogen) atoms. The summed E-state index contributed by atoms with van der Waals surface area (Å²) in [5.41, 5.74) is -5.83. The molecule has 1 unspecified atom stereocenters. The van der Waals surface area contributed by atoms with Crippen LogP contribution in [-0.4, -0.2) is 49.2 Å². The third kappa shape index (κ3) is 6.88. The van der Waals surface area contributed by atoms with Crippen molar-refractivity contribution in [1.29, 1.82) is 0 Å². The van der Waals surface area contributed by atoms with Gasteiger partial charge in [-0.25, -0.2) is 18.4 Å². The van der Waals surface area contributed by atoms with Crippen molar-refractivity contribution in [2.24, 2.45) is 0 Å². The molecule has 0 saturated carbocycles. The van der Waals surface area contributed by atoms with Crippen LogP contribution in [0.4, 0.5) is 22.0 Å². The smallest absolute Gasteiger partial charge is 0.418 e. The zero-order valence-electron chi connectivity index (χ0n) is 20.1. The van der Waals surface area contributed by atoms with Crippen LogP contribution in [0, 0.1) is 5.82 Å². The highest BCUT2D eigenvalue weighted by Gasteiger charge is 2.46. The van der Waals surface area contributed by atoms with Gasteiger partial charge < -0.3 is 19.9 Å². The van der Waals surface area contributed by atoms with Crippen molar-refractivity contribution >= 4 is 35.3 Å². The maximum atomic E-state index is 15.1. The van der Waals surface area contributed by atoms with Crippen LogP contribution in [0.2, 0.25) is 5.02 Å². The zero-order chi connectivity index (χ0) is 28.8. The predicted octanol–water partition coefficient (Wildman–Crippen LogP) is 4.61. The van der Waals surface area contributed by atoms with E-state index in [9.17, 15) is 41.8 Å². The lowest BCUT2D eigenvalue weighted by Crippen LogP contribution is -2.35. The average Bonchev–Trinajstić information content (AvgIpc) is 2.82. The molecule has 0 aromatic heterocycles. The van der Waals surface area contributed by atoms with Crippen molar-refractivity contribution < 1.29 is 55.7 Å². The van der Waals surface area contributed by atoms with E-state index in [4.69, 9.17) is 11.6 Å². The van der Waals surface area contributed by atoms with Crippen molar-refractivity contribution in [3.63, 3.8) is 0 Å². The lowest BCUT2D eigenvalue weighted by Gasteiger charge is -2.32. The number of rotatable bonds is 11. The molecule has 0 spiro atoms. The first kappa shape index (κ1) is 30.7. The number of esters is 2. The van der Waals surface area contributed by atoms with Crippen LogP contribution in [0.5, 0.6) is 0 Å². The zero-order valence-corrected chi connectivity index (χ0v) is 20.9. The molecule has 14 heteroatoms. The Kier molecular flexibility index (Phi) is 10.4. The van der Waals surface area contributed by atoms with Gasteiger partial charge in [-0.15, -0.1) is 0 Å². The van der Waals surface area contributed by atoms with E-state index in [1.807, 2.05) is 0 Å². The Hall–Kier alpha value is -3.48. The van der Waals surface area contributed by atoms with Gasteiger partial charge in [0.25, 0.3) is 0 Å². The highest BCUT2D eigenvalue weighted by atomic mass is 35.5. The molecule has 0 bridgehead atoms. The van der Waals surface area contributed by atoms with Gasteiger partial charge in [0, 0.05) is 17.7 Å². The standard InChI is InChI=1S/C24H23ClF5NO7/c1-3-38-16(33)9-11(32)5-4-6-14-18(22(34)35)20(19(23(36)37-2)15(10-26)31-14)17-13(27)8-7-12(25)21(17)24(28,29)30/h7-8,20,31H,3-6,9-10H2,1-2H3,(H,34,35). The van der Waals surface area contributed by atoms with E-state index in [2.05, 4.69) is 14.8 Å². The Morgan fingerprint density at radius 2 is 1.79 bits per heavy atom. The number of benzene rings is 1. The first-order valence-electron chi connectivity index (χ1n) is 11.1. The lowest BCUT2D eigenvalue weighted by atomic mass is 9.77. The van der Waals surface area contributed by atoms with Crippen LogP contribution < -0.4 is 5.32 Å². The number of carboxylic acid groups (broad SMARTS) is 1. The topological polar surface area (TPSA) is 119 Å². The molecule has 8 nitrogen and oxygen atoms in total. The highest BCUT2D eigenvalue weighted by Crippen LogP contribution is 2.48. The molecule has 2 rings (SSSR count). The van der Waals surface area contributed by atoms with Crippen molar-refractivity contribution in [2.75, 3.05) is 20.4 Å². The van der Waals surface area contributed by atoms with Gasteiger partial charge >= 0.3 is 24.1 Å². The number of Topliss-reactive ketones (excluding diaryl/α,β-unsaturated/α-hetero) is 1. The fourth-order valence-corrected chi connectivity index (χ4v) is 4.34. The van der Waals surface area contributed by atoms with Crippen LogP contribution >= 0.6 is 11.6 Å². The Morgan fingerprint density at radius 3 is 2.32 bits per heavy atom. The average molecular weight is 568 g/mol. The molecule has 0 saturated heterocycles. The Bertz CT molecular complexity index is 1190. The SMILES string of the molecule is CCOC(=O)CC(=O)CCCC1=C(C(=O)O)C(c2c(F)ccc(Cl)c2C(F)(F)F)C(C(=O)OC)=C(CF)N1. The maximum Gasteiger partial charge on any atom is 0.418 e. The molecule has 0 amide bonds. The molecular formula is C24H23ClF5NO7. The molecule has 208 valence electrons.